The van der Waals surface area contributed by atoms with Crippen LogP contribution in [0.2, 0.25) is 0 Å². The van der Waals surface area contributed by atoms with E-state index >= 15 is 0 Å². The second-order valence-electron chi connectivity index (χ2n) is 9.11. The van der Waals surface area contributed by atoms with Crippen molar-refractivity contribution in [3.63, 3.8) is 0 Å². The summed E-state index contributed by atoms with van der Waals surface area (Å²) >= 11 is 0. The zero-order chi connectivity index (χ0) is 17.8. The summed E-state index contributed by atoms with van der Waals surface area (Å²) in [5.74, 6) is 1.51. The Morgan fingerprint density at radius 3 is 2.24 bits per heavy atom. The molecule has 0 saturated carbocycles. The molecule has 2 N–H and O–H groups in total. The third-order valence-corrected chi connectivity index (χ3v) is 6.53. The van der Waals surface area contributed by atoms with E-state index in [1.165, 1.54) is 5.56 Å². The number of rotatable bonds is 5. The summed E-state index contributed by atoms with van der Waals surface area (Å²) in [6.45, 7) is 12.6. The zero-order valence-corrected chi connectivity index (χ0v) is 16.0. The fraction of sp³-hybridized carbons (Fsp3) is 0.667. The van der Waals surface area contributed by atoms with Gasteiger partial charge in [0.2, 0.25) is 6.17 Å². The molecule has 2 atom stereocenters. The second-order valence-corrected chi connectivity index (χ2v) is 9.11. The summed E-state index contributed by atoms with van der Waals surface area (Å²) in [6, 6.07) is 8.69. The molecule has 4 saturated heterocycles. The van der Waals surface area contributed by atoms with Crippen molar-refractivity contribution < 1.29 is 19.3 Å². The van der Waals surface area contributed by atoms with Crippen LogP contribution in [0.5, 0.6) is 5.75 Å². The van der Waals surface area contributed by atoms with E-state index in [1.54, 1.807) is 9.80 Å². The minimum Gasteiger partial charge on any atom is -0.491 e. The van der Waals surface area contributed by atoms with Crippen LogP contribution in [0, 0.1) is 10.8 Å². The van der Waals surface area contributed by atoms with Crippen LogP contribution in [-0.2, 0) is 4.79 Å². The van der Waals surface area contributed by atoms with Gasteiger partial charge in [-0.15, -0.1) is 0 Å². The average Bonchev–Trinajstić information content (AvgIpc) is 2.53. The maximum atomic E-state index is 13.2. The van der Waals surface area contributed by atoms with Crippen molar-refractivity contribution in [2.75, 3.05) is 26.2 Å². The molecule has 4 heterocycles. The van der Waals surface area contributed by atoms with Crippen LogP contribution in [0.25, 0.3) is 0 Å². The van der Waals surface area contributed by atoms with E-state index in [0.717, 1.165) is 44.8 Å². The van der Waals surface area contributed by atoms with Crippen molar-refractivity contribution in [2.45, 2.75) is 52.8 Å². The number of carbonyl (C=O) groups is 1. The molecule has 1 aromatic rings. The molecule has 4 bridgehead atoms. The van der Waals surface area contributed by atoms with Crippen molar-refractivity contribution in [1.29, 1.82) is 0 Å². The third kappa shape index (κ3) is 2.61. The third-order valence-electron chi connectivity index (χ3n) is 6.53. The van der Waals surface area contributed by atoms with E-state index in [9.17, 15) is 4.79 Å². The molecule has 0 aliphatic carbocycles. The van der Waals surface area contributed by atoms with Gasteiger partial charge < -0.3 is 4.74 Å². The number of hydrogen-bond acceptors (Lipinski definition) is 2. The van der Waals surface area contributed by atoms with Crippen molar-refractivity contribution in [1.82, 2.24) is 0 Å². The van der Waals surface area contributed by atoms with E-state index in [2.05, 4.69) is 52.0 Å². The number of hydrogen-bond donors (Lipinski definition) is 2. The largest absolute Gasteiger partial charge is 0.491 e. The van der Waals surface area contributed by atoms with Gasteiger partial charge in [0, 0.05) is 0 Å². The van der Waals surface area contributed by atoms with Gasteiger partial charge in [-0.3, -0.25) is 14.6 Å². The quantitative estimate of drug-likeness (QED) is 0.822. The molecule has 136 valence electrons. The van der Waals surface area contributed by atoms with Crippen LogP contribution >= 0.6 is 0 Å². The molecule has 25 heavy (non-hydrogen) atoms. The molecule has 4 heteroatoms. The number of carbonyl (C=O) groups excluding carboxylic acids is 1. The summed E-state index contributed by atoms with van der Waals surface area (Å²) in [5, 5.41) is 0. The van der Waals surface area contributed by atoms with Gasteiger partial charge in [0.05, 0.1) is 24.8 Å². The number of Topliss-reactive ketones (excluding diaryl/α,β-unsaturated/α-hetero) is 1. The summed E-state index contributed by atoms with van der Waals surface area (Å²) in [5.41, 5.74) is 1.21. The molecule has 0 spiro atoms. The van der Waals surface area contributed by atoms with E-state index in [-0.39, 0.29) is 16.9 Å². The number of benzene rings is 1. The van der Waals surface area contributed by atoms with Crippen LogP contribution < -0.4 is 14.5 Å². The van der Waals surface area contributed by atoms with Crippen LogP contribution in [-0.4, -0.2) is 38.1 Å². The van der Waals surface area contributed by atoms with Gasteiger partial charge in [0.25, 0.3) is 0 Å². The number of nitrogens with one attached hydrogen (secondary N) is 2. The fourth-order valence-corrected chi connectivity index (χ4v) is 6.03. The lowest BCUT2D eigenvalue weighted by molar-refractivity contribution is -1.18. The van der Waals surface area contributed by atoms with Crippen LogP contribution in [0.15, 0.2) is 24.3 Å². The maximum absolute atomic E-state index is 13.2. The number of piperidine rings is 2. The molecule has 2 unspecified atom stereocenters. The smallest absolute Gasteiger partial charge is 0.240 e. The Hall–Kier alpha value is -1.39. The minimum atomic E-state index is -0.118. The lowest BCUT2D eigenvalue weighted by atomic mass is 9.59. The van der Waals surface area contributed by atoms with Crippen LogP contribution in [0.4, 0.5) is 0 Å². The molecule has 4 aliphatic heterocycles. The Morgan fingerprint density at radius 1 is 1.12 bits per heavy atom. The average molecular weight is 344 g/mol. The van der Waals surface area contributed by atoms with Crippen molar-refractivity contribution in [3.05, 3.63) is 29.8 Å². The monoisotopic (exact) mass is 344 g/mol. The van der Waals surface area contributed by atoms with Crippen molar-refractivity contribution in [3.8, 4) is 5.75 Å². The predicted octanol–water partition coefficient (Wildman–Crippen LogP) is 0.645. The van der Waals surface area contributed by atoms with Gasteiger partial charge in [-0.05, 0) is 51.5 Å². The Bertz CT molecular complexity index is 651. The second kappa shape index (κ2) is 5.82. The lowest BCUT2D eigenvalue weighted by Crippen LogP contribution is -3.41. The van der Waals surface area contributed by atoms with Crippen molar-refractivity contribution in [2.24, 2.45) is 10.8 Å². The summed E-state index contributed by atoms with van der Waals surface area (Å²) in [6.07, 6.45) is 2.84. The number of ether oxygens (including phenoxy) is 1. The Morgan fingerprint density at radius 2 is 1.72 bits per heavy atom. The zero-order valence-electron chi connectivity index (χ0n) is 16.0. The van der Waals surface area contributed by atoms with E-state index in [4.69, 9.17) is 4.74 Å². The molecule has 4 aliphatic rings. The van der Waals surface area contributed by atoms with Gasteiger partial charge in [-0.25, -0.2) is 0 Å². The van der Waals surface area contributed by atoms with E-state index in [0.29, 0.717) is 11.9 Å². The van der Waals surface area contributed by atoms with Gasteiger partial charge in [0.1, 0.15) is 29.7 Å². The Balaban J connectivity index is 1.61. The molecule has 1 aromatic carbocycles. The lowest BCUT2D eigenvalue weighted by Gasteiger charge is -2.59. The molecule has 5 rings (SSSR count). The maximum Gasteiger partial charge on any atom is 0.240 e. The highest BCUT2D eigenvalue weighted by atomic mass is 16.5. The van der Waals surface area contributed by atoms with Gasteiger partial charge in [0.15, 0.2) is 5.78 Å². The molecule has 0 radical (unpaired) electrons. The molecular weight excluding hydrogens is 312 g/mol. The molecule has 0 amide bonds. The van der Waals surface area contributed by atoms with Gasteiger partial charge >= 0.3 is 0 Å². The first-order chi connectivity index (χ1) is 11.9. The Kier molecular flexibility index (Phi) is 3.97. The topological polar surface area (TPSA) is 35.2 Å². The van der Waals surface area contributed by atoms with E-state index in [1.807, 2.05) is 0 Å². The van der Waals surface area contributed by atoms with Crippen LogP contribution in [0.3, 0.4) is 0 Å². The number of quaternary nitrogens is 2. The first kappa shape index (κ1) is 17.0. The van der Waals surface area contributed by atoms with Crippen molar-refractivity contribution >= 4 is 5.78 Å². The highest BCUT2D eigenvalue weighted by Crippen LogP contribution is 2.39. The molecule has 0 aromatic heterocycles. The standard InChI is InChI=1S/C21H30N2O2/c1-5-10-21-13-22-11-20(4,19(21)24)12-23(14-21)18(22)16-6-8-17(9-7-16)25-15(2)3/h6-9,15,18H,5,10-14H2,1-4H3/p+2. The fourth-order valence-electron chi connectivity index (χ4n) is 6.03. The molecular formula is C21H32N2O2+2. The summed E-state index contributed by atoms with van der Waals surface area (Å²) in [7, 11) is 0. The van der Waals surface area contributed by atoms with Gasteiger partial charge in [-0.2, -0.15) is 0 Å². The van der Waals surface area contributed by atoms with E-state index < -0.39 is 0 Å². The first-order valence-corrected chi connectivity index (χ1v) is 9.88. The van der Waals surface area contributed by atoms with Crippen LogP contribution in [0.1, 0.15) is 52.3 Å². The molecule has 4 fully saturated rings. The predicted molar refractivity (Wildman–Crippen MR) is 96.8 cm³/mol. The summed E-state index contributed by atoms with van der Waals surface area (Å²) in [4.78, 5) is 16.4. The highest BCUT2D eigenvalue weighted by molar-refractivity contribution is 5.91. The molecule has 4 nitrogen and oxygen atoms in total. The number of ketones is 1. The highest BCUT2D eigenvalue weighted by Gasteiger charge is 2.69. The first-order valence-electron chi connectivity index (χ1n) is 9.88. The summed E-state index contributed by atoms with van der Waals surface area (Å²) < 4.78 is 5.79. The normalized spacial score (nSPS) is 39.2. The van der Waals surface area contributed by atoms with Gasteiger partial charge in [-0.1, -0.05) is 13.3 Å². The Labute approximate surface area is 151 Å². The SMILES string of the molecule is CCCC12C[NH+]3CC(C)(C[NH+](C1)C3c1ccc(OC(C)C)cc1)C2=O. The minimum absolute atomic E-state index is 0.0676.